The monoisotopic (exact) mass is 302 g/mol. The first kappa shape index (κ1) is 14.4. The van der Waals surface area contributed by atoms with Crippen molar-refractivity contribution < 1.29 is 9.53 Å². The second-order valence-corrected chi connectivity index (χ2v) is 5.62. The van der Waals surface area contributed by atoms with Crippen LogP contribution in [-0.4, -0.2) is 36.1 Å². The maximum absolute atomic E-state index is 12.5. The van der Waals surface area contributed by atoms with E-state index in [1.165, 1.54) is 0 Å². The molecule has 0 radical (unpaired) electrons. The molecule has 1 aliphatic rings. The summed E-state index contributed by atoms with van der Waals surface area (Å²) in [4.78, 5) is 14.3. The van der Waals surface area contributed by atoms with Crippen LogP contribution in [0.1, 0.15) is 24.2 Å². The van der Waals surface area contributed by atoms with E-state index in [1.54, 1.807) is 17.0 Å². The average Bonchev–Trinajstić information content (AvgIpc) is 2.37. The Hall–Kier alpha value is -0.970. The summed E-state index contributed by atoms with van der Waals surface area (Å²) in [6, 6.07) is 3.13. The summed E-state index contributed by atoms with van der Waals surface area (Å²) < 4.78 is 5.51. The predicted octanol–water partition coefficient (Wildman–Crippen LogP) is 2.83. The Balaban J connectivity index is 2.28. The zero-order chi connectivity index (χ0) is 14.2. The molecule has 2 rings (SSSR count). The molecule has 1 fully saturated rings. The fourth-order valence-corrected chi connectivity index (χ4v) is 2.55. The number of benzene rings is 1. The van der Waals surface area contributed by atoms with Gasteiger partial charge < -0.3 is 15.4 Å². The number of halogens is 2. The normalized spacial score (nSPS) is 23.5. The summed E-state index contributed by atoms with van der Waals surface area (Å²) in [6.07, 6.45) is 0.0277. The first-order chi connectivity index (χ1) is 8.90. The average molecular weight is 303 g/mol. The summed E-state index contributed by atoms with van der Waals surface area (Å²) in [5, 5.41) is 0.592. The van der Waals surface area contributed by atoms with Crippen molar-refractivity contribution in [3.8, 4) is 0 Å². The van der Waals surface area contributed by atoms with Gasteiger partial charge >= 0.3 is 0 Å². The summed E-state index contributed by atoms with van der Waals surface area (Å²) in [5.74, 6) is -0.105. The summed E-state index contributed by atoms with van der Waals surface area (Å²) in [7, 11) is 0. The quantitative estimate of drug-likeness (QED) is 0.812. The van der Waals surface area contributed by atoms with Crippen molar-refractivity contribution in [3.63, 3.8) is 0 Å². The third-order valence-electron chi connectivity index (χ3n) is 3.19. The lowest BCUT2D eigenvalue weighted by atomic mass is 10.1. The number of anilines is 1. The number of ether oxygens (including phenoxy) is 1. The van der Waals surface area contributed by atoms with Gasteiger partial charge in [0.1, 0.15) is 0 Å². The Morgan fingerprint density at radius 2 is 1.95 bits per heavy atom. The largest absolute Gasteiger partial charge is 0.396 e. The summed E-state index contributed by atoms with van der Waals surface area (Å²) in [5.41, 5.74) is 6.41. The van der Waals surface area contributed by atoms with Gasteiger partial charge in [0, 0.05) is 12.1 Å². The molecule has 0 aromatic heterocycles. The molecule has 1 aromatic carbocycles. The van der Waals surface area contributed by atoms with Crippen molar-refractivity contribution >= 4 is 34.8 Å². The molecule has 1 heterocycles. The van der Waals surface area contributed by atoms with Gasteiger partial charge in [-0.15, -0.1) is 0 Å². The molecule has 1 aromatic rings. The second kappa shape index (κ2) is 5.57. The van der Waals surface area contributed by atoms with Crippen molar-refractivity contribution in [1.82, 2.24) is 4.90 Å². The molecule has 1 saturated heterocycles. The van der Waals surface area contributed by atoms with Crippen LogP contribution in [-0.2, 0) is 4.74 Å². The van der Waals surface area contributed by atoms with E-state index >= 15 is 0 Å². The lowest BCUT2D eigenvalue weighted by Gasteiger charge is -2.36. The van der Waals surface area contributed by atoms with Crippen molar-refractivity contribution in [2.45, 2.75) is 26.0 Å². The molecule has 0 spiro atoms. The minimum absolute atomic E-state index is 0.0267. The maximum atomic E-state index is 12.5. The number of amides is 1. The van der Waals surface area contributed by atoms with E-state index in [0.29, 0.717) is 34.4 Å². The first-order valence-electron chi connectivity index (χ1n) is 6.07. The van der Waals surface area contributed by atoms with E-state index in [9.17, 15) is 4.79 Å². The molecule has 2 unspecified atom stereocenters. The van der Waals surface area contributed by atoms with Crippen LogP contribution in [0.5, 0.6) is 0 Å². The molecule has 1 aliphatic heterocycles. The third kappa shape index (κ3) is 2.96. The Kier molecular flexibility index (Phi) is 4.23. The van der Waals surface area contributed by atoms with Crippen LogP contribution >= 0.6 is 23.2 Å². The molecule has 2 N–H and O–H groups in total. The number of nitrogens with zero attached hydrogens (tertiary/aromatic N) is 1. The van der Waals surface area contributed by atoms with Gasteiger partial charge in [-0.3, -0.25) is 4.79 Å². The molecular weight excluding hydrogens is 287 g/mol. The second-order valence-electron chi connectivity index (χ2n) is 4.80. The number of carbonyl (C=O) groups is 1. The van der Waals surface area contributed by atoms with E-state index in [4.69, 9.17) is 33.7 Å². The number of hydrogen-bond donors (Lipinski definition) is 1. The van der Waals surface area contributed by atoms with Crippen LogP contribution in [0.15, 0.2) is 12.1 Å². The molecule has 6 heteroatoms. The smallest absolute Gasteiger partial charge is 0.254 e. The number of carbonyl (C=O) groups excluding carboxylic acids is 1. The van der Waals surface area contributed by atoms with Gasteiger partial charge in [-0.05, 0) is 26.0 Å². The van der Waals surface area contributed by atoms with Gasteiger partial charge in [0.2, 0.25) is 0 Å². The molecule has 0 bridgehead atoms. The topological polar surface area (TPSA) is 55.6 Å². The fraction of sp³-hybridized carbons (Fsp3) is 0.462. The standard InChI is InChI=1S/C13H16Cl2N2O2/c1-7-6-19-8(2)5-17(7)13(18)9-3-10(14)12(16)11(15)4-9/h3-4,7-8H,5-6,16H2,1-2H3. The molecule has 19 heavy (non-hydrogen) atoms. The van der Waals surface area contributed by atoms with E-state index in [0.717, 1.165) is 0 Å². The number of nitrogens with two attached hydrogens (primary N) is 1. The molecule has 2 atom stereocenters. The van der Waals surface area contributed by atoms with E-state index in [2.05, 4.69) is 0 Å². The highest BCUT2D eigenvalue weighted by Crippen LogP contribution is 2.29. The zero-order valence-corrected chi connectivity index (χ0v) is 12.3. The maximum Gasteiger partial charge on any atom is 0.254 e. The minimum Gasteiger partial charge on any atom is -0.396 e. The van der Waals surface area contributed by atoms with E-state index in [-0.39, 0.29) is 18.1 Å². The van der Waals surface area contributed by atoms with Crippen LogP contribution in [0.3, 0.4) is 0 Å². The summed E-state index contributed by atoms with van der Waals surface area (Å²) in [6.45, 7) is 4.97. The van der Waals surface area contributed by atoms with Gasteiger partial charge in [-0.1, -0.05) is 23.2 Å². The molecule has 104 valence electrons. The third-order valence-corrected chi connectivity index (χ3v) is 3.82. The van der Waals surface area contributed by atoms with Crippen LogP contribution < -0.4 is 5.73 Å². The zero-order valence-electron chi connectivity index (χ0n) is 10.8. The van der Waals surface area contributed by atoms with Gasteiger partial charge in [0.05, 0.1) is 34.5 Å². The highest BCUT2D eigenvalue weighted by atomic mass is 35.5. The van der Waals surface area contributed by atoms with Crippen LogP contribution in [0.4, 0.5) is 5.69 Å². The Morgan fingerprint density at radius 3 is 2.53 bits per heavy atom. The Morgan fingerprint density at radius 1 is 1.37 bits per heavy atom. The van der Waals surface area contributed by atoms with Crippen molar-refractivity contribution in [2.75, 3.05) is 18.9 Å². The molecule has 0 aliphatic carbocycles. The Labute approximate surface area is 122 Å². The minimum atomic E-state index is -0.105. The fourth-order valence-electron chi connectivity index (χ4n) is 2.06. The van der Waals surface area contributed by atoms with Gasteiger partial charge in [-0.2, -0.15) is 0 Å². The van der Waals surface area contributed by atoms with Crippen LogP contribution in [0, 0.1) is 0 Å². The Bertz CT molecular complexity index is 484. The molecule has 1 amide bonds. The number of hydrogen-bond acceptors (Lipinski definition) is 3. The molecule has 0 saturated carbocycles. The first-order valence-corrected chi connectivity index (χ1v) is 6.83. The molecule has 4 nitrogen and oxygen atoms in total. The number of nitrogen functional groups attached to an aromatic ring is 1. The van der Waals surface area contributed by atoms with Crippen LogP contribution in [0.25, 0.3) is 0 Å². The van der Waals surface area contributed by atoms with Crippen molar-refractivity contribution in [2.24, 2.45) is 0 Å². The van der Waals surface area contributed by atoms with Crippen LogP contribution in [0.2, 0.25) is 10.0 Å². The van der Waals surface area contributed by atoms with Gasteiger partial charge in [0.25, 0.3) is 5.91 Å². The van der Waals surface area contributed by atoms with Crippen molar-refractivity contribution in [1.29, 1.82) is 0 Å². The van der Waals surface area contributed by atoms with Gasteiger partial charge in [-0.25, -0.2) is 0 Å². The van der Waals surface area contributed by atoms with E-state index in [1.807, 2.05) is 13.8 Å². The predicted molar refractivity (Wildman–Crippen MR) is 76.8 cm³/mol. The summed E-state index contributed by atoms with van der Waals surface area (Å²) >= 11 is 11.9. The van der Waals surface area contributed by atoms with Gasteiger partial charge in [0.15, 0.2) is 0 Å². The number of rotatable bonds is 1. The lowest BCUT2D eigenvalue weighted by molar-refractivity contribution is -0.0387. The SMILES string of the molecule is CC1CN(C(=O)c2cc(Cl)c(N)c(Cl)c2)C(C)CO1. The highest BCUT2D eigenvalue weighted by Gasteiger charge is 2.28. The number of morpholine rings is 1. The van der Waals surface area contributed by atoms with Crippen molar-refractivity contribution in [3.05, 3.63) is 27.7 Å². The van der Waals surface area contributed by atoms with E-state index < -0.39 is 0 Å². The lowest BCUT2D eigenvalue weighted by Crippen LogP contribution is -2.50. The highest BCUT2D eigenvalue weighted by molar-refractivity contribution is 6.39. The molecular formula is C13H16Cl2N2O2.